The Morgan fingerprint density at radius 2 is 1.91 bits per heavy atom. The van der Waals surface area contributed by atoms with E-state index in [1.165, 1.54) is 62.5 Å². The van der Waals surface area contributed by atoms with Crippen molar-refractivity contribution < 1.29 is 9.90 Å². The maximum absolute atomic E-state index is 10.8. The van der Waals surface area contributed by atoms with Gasteiger partial charge in [-0.1, -0.05) is 61.4 Å². The number of hydrogen-bond acceptors (Lipinski definition) is 2. The first-order valence-electron chi connectivity index (χ1n) is 13.0. The van der Waals surface area contributed by atoms with E-state index in [0.717, 1.165) is 31.1 Å². The number of aromatic nitrogens is 1. The zero-order valence-electron chi connectivity index (χ0n) is 19.9. The van der Waals surface area contributed by atoms with E-state index in [-0.39, 0.29) is 11.8 Å². The molecule has 1 aromatic heterocycles. The smallest absolute Gasteiger partial charge is 0.303 e. The zero-order chi connectivity index (χ0) is 22.9. The molecule has 1 aromatic carbocycles. The van der Waals surface area contributed by atoms with Gasteiger partial charge in [-0.3, -0.25) is 9.78 Å². The highest BCUT2D eigenvalue weighted by molar-refractivity contribution is 5.66. The second-order valence-corrected chi connectivity index (χ2v) is 10.2. The number of benzene rings is 1. The van der Waals surface area contributed by atoms with Crippen molar-refractivity contribution >= 4 is 5.97 Å². The molecule has 2 bridgehead atoms. The molecule has 0 saturated heterocycles. The summed E-state index contributed by atoms with van der Waals surface area (Å²) in [5, 5.41) is 8.86. The maximum atomic E-state index is 10.8. The van der Waals surface area contributed by atoms with Crippen LogP contribution in [-0.4, -0.2) is 16.1 Å². The minimum absolute atomic E-state index is 0.259. The normalized spacial score (nSPS) is 26.2. The third-order valence-corrected chi connectivity index (χ3v) is 8.35. The predicted molar refractivity (Wildman–Crippen MR) is 134 cm³/mol. The van der Waals surface area contributed by atoms with Gasteiger partial charge in [0.1, 0.15) is 0 Å². The number of nitrogens with zero attached hydrogens (tertiary/aromatic N) is 1. The number of unbranched alkanes of at least 4 members (excludes halogenated alkanes) is 3. The van der Waals surface area contributed by atoms with E-state index < -0.39 is 5.97 Å². The number of rotatable bonds is 13. The fraction of sp³-hybridized carbons (Fsp3) is 0.533. The quantitative estimate of drug-likeness (QED) is 0.259. The molecule has 3 heteroatoms. The van der Waals surface area contributed by atoms with Crippen LogP contribution in [0.25, 0.3) is 0 Å². The minimum Gasteiger partial charge on any atom is -0.481 e. The highest BCUT2D eigenvalue weighted by atomic mass is 16.4. The topological polar surface area (TPSA) is 50.2 Å². The first-order valence-corrected chi connectivity index (χ1v) is 13.0. The Kier molecular flexibility index (Phi) is 8.36. The number of allylic oxidation sites excluding steroid dienone is 2. The number of carboxylic acid groups (broad SMARTS) is 1. The van der Waals surface area contributed by atoms with E-state index in [1.807, 2.05) is 6.20 Å². The molecule has 3 nitrogen and oxygen atoms in total. The average Bonchev–Trinajstić information content (AvgIpc) is 3.43. The Morgan fingerprint density at radius 3 is 2.70 bits per heavy atom. The van der Waals surface area contributed by atoms with Crippen LogP contribution in [-0.2, 0) is 16.6 Å². The standard InChI is InChI=1S/C30H39NO2/c32-29(33)17-9-2-1-8-16-28-25-18-19-26(22-25)30(28,27-15-11-21-31-23-27)20-10-4-7-14-24-12-5-3-6-13-24/h1,3,5-6,8,11-13,15,21,23,25-26,28H,2,4,7,9-10,14,16-20,22H2,(H,32,33)/b8-1-/t25-,26+,28+,30-/m0/s1. The van der Waals surface area contributed by atoms with Crippen molar-refractivity contribution in [3.05, 3.63) is 78.1 Å². The lowest BCUT2D eigenvalue weighted by atomic mass is 9.59. The van der Waals surface area contributed by atoms with Gasteiger partial charge in [0.15, 0.2) is 0 Å². The van der Waals surface area contributed by atoms with Crippen molar-refractivity contribution in [2.24, 2.45) is 17.8 Å². The summed E-state index contributed by atoms with van der Waals surface area (Å²) in [6, 6.07) is 15.3. The van der Waals surface area contributed by atoms with Crippen molar-refractivity contribution in [3.63, 3.8) is 0 Å². The summed E-state index contributed by atoms with van der Waals surface area (Å²) in [6.07, 6.45) is 22.0. The van der Waals surface area contributed by atoms with E-state index in [0.29, 0.717) is 5.92 Å². The summed E-state index contributed by atoms with van der Waals surface area (Å²) >= 11 is 0. The molecule has 176 valence electrons. The number of carbonyl (C=O) groups is 1. The molecular formula is C30H39NO2. The van der Waals surface area contributed by atoms with Crippen LogP contribution in [0, 0.1) is 17.8 Å². The SMILES string of the molecule is O=C(O)CCC/C=C\C[C@@H]1[C@H]2CC[C@H](C2)[C@@]1(CCCCCc1ccccc1)c1cccnc1. The first kappa shape index (κ1) is 23.7. The molecule has 33 heavy (non-hydrogen) atoms. The molecule has 0 spiro atoms. The van der Waals surface area contributed by atoms with E-state index >= 15 is 0 Å². The molecule has 0 aliphatic heterocycles. The fourth-order valence-electron chi connectivity index (χ4n) is 6.90. The van der Waals surface area contributed by atoms with Crippen molar-refractivity contribution in [2.75, 3.05) is 0 Å². The molecule has 1 N–H and O–H groups in total. The monoisotopic (exact) mass is 445 g/mol. The predicted octanol–water partition coefficient (Wildman–Crippen LogP) is 7.37. The van der Waals surface area contributed by atoms with Gasteiger partial charge in [-0.25, -0.2) is 0 Å². The summed E-state index contributed by atoms with van der Waals surface area (Å²) < 4.78 is 0. The van der Waals surface area contributed by atoms with Crippen LogP contribution in [0.2, 0.25) is 0 Å². The van der Waals surface area contributed by atoms with Gasteiger partial charge in [-0.2, -0.15) is 0 Å². The molecule has 4 atom stereocenters. The van der Waals surface area contributed by atoms with E-state index in [9.17, 15) is 4.79 Å². The van der Waals surface area contributed by atoms with Crippen molar-refractivity contribution in [3.8, 4) is 0 Å². The minimum atomic E-state index is -0.695. The van der Waals surface area contributed by atoms with Gasteiger partial charge in [0.2, 0.25) is 0 Å². The maximum Gasteiger partial charge on any atom is 0.303 e. The fourth-order valence-corrected chi connectivity index (χ4v) is 6.90. The first-order chi connectivity index (χ1) is 16.2. The van der Waals surface area contributed by atoms with Crippen molar-refractivity contribution in [1.82, 2.24) is 4.98 Å². The molecule has 2 aromatic rings. The summed E-state index contributed by atoms with van der Waals surface area (Å²) in [5.74, 6) is 1.60. The Labute approximate surface area is 199 Å². The molecule has 0 amide bonds. The van der Waals surface area contributed by atoms with Crippen LogP contribution in [0.5, 0.6) is 0 Å². The zero-order valence-corrected chi connectivity index (χ0v) is 19.9. The molecule has 4 rings (SSSR count). The van der Waals surface area contributed by atoms with Gasteiger partial charge >= 0.3 is 5.97 Å². The molecule has 2 aliphatic rings. The molecule has 2 aliphatic carbocycles. The third-order valence-electron chi connectivity index (χ3n) is 8.35. The van der Waals surface area contributed by atoms with Crippen LogP contribution < -0.4 is 0 Å². The molecule has 1 heterocycles. The van der Waals surface area contributed by atoms with Gasteiger partial charge in [0.05, 0.1) is 0 Å². The number of fused-ring (bicyclic) bond motifs is 2. The Morgan fingerprint density at radius 1 is 1.03 bits per heavy atom. The van der Waals surface area contributed by atoms with Crippen LogP contribution in [0.4, 0.5) is 0 Å². The summed E-state index contributed by atoms with van der Waals surface area (Å²) in [5.41, 5.74) is 3.17. The van der Waals surface area contributed by atoms with Gasteiger partial charge in [0, 0.05) is 24.2 Å². The lowest BCUT2D eigenvalue weighted by molar-refractivity contribution is -0.137. The molecule has 2 saturated carbocycles. The van der Waals surface area contributed by atoms with Crippen LogP contribution in [0.3, 0.4) is 0 Å². The lowest BCUT2D eigenvalue weighted by Crippen LogP contribution is -2.40. The van der Waals surface area contributed by atoms with Gasteiger partial charge in [-0.15, -0.1) is 0 Å². The second kappa shape index (κ2) is 11.6. The van der Waals surface area contributed by atoms with Crippen molar-refractivity contribution in [1.29, 1.82) is 0 Å². The van der Waals surface area contributed by atoms with E-state index in [1.54, 1.807) is 0 Å². The highest BCUT2D eigenvalue weighted by Gasteiger charge is 2.57. The summed E-state index contributed by atoms with van der Waals surface area (Å²) in [4.78, 5) is 15.3. The van der Waals surface area contributed by atoms with Crippen LogP contribution >= 0.6 is 0 Å². The van der Waals surface area contributed by atoms with E-state index in [4.69, 9.17) is 5.11 Å². The molecule has 0 radical (unpaired) electrons. The Hall–Kier alpha value is -2.42. The number of aliphatic carboxylic acids is 1. The number of pyridine rings is 1. The third kappa shape index (κ3) is 5.75. The summed E-state index contributed by atoms with van der Waals surface area (Å²) in [7, 11) is 0. The number of hydrogen-bond donors (Lipinski definition) is 1. The van der Waals surface area contributed by atoms with Crippen molar-refractivity contribution in [2.45, 2.75) is 82.5 Å². The highest BCUT2D eigenvalue weighted by Crippen LogP contribution is 2.63. The largest absolute Gasteiger partial charge is 0.481 e. The number of carboxylic acids is 1. The van der Waals surface area contributed by atoms with Gasteiger partial charge in [-0.05, 0) is 92.7 Å². The van der Waals surface area contributed by atoms with Crippen LogP contribution in [0.15, 0.2) is 67.0 Å². The number of aryl methyl sites for hydroxylation is 1. The Bertz CT molecular complexity index is 894. The summed E-state index contributed by atoms with van der Waals surface area (Å²) in [6.45, 7) is 0. The second-order valence-electron chi connectivity index (χ2n) is 10.2. The van der Waals surface area contributed by atoms with Crippen LogP contribution in [0.1, 0.15) is 81.8 Å². The van der Waals surface area contributed by atoms with Gasteiger partial charge in [0.25, 0.3) is 0 Å². The average molecular weight is 446 g/mol. The lowest BCUT2D eigenvalue weighted by Gasteiger charge is -2.45. The molecule has 0 unspecified atom stereocenters. The van der Waals surface area contributed by atoms with E-state index in [2.05, 4.69) is 65.8 Å². The molecular weight excluding hydrogens is 406 g/mol. The Balaban J connectivity index is 1.41. The molecule has 2 fully saturated rings. The van der Waals surface area contributed by atoms with Gasteiger partial charge < -0.3 is 5.11 Å².